The van der Waals surface area contributed by atoms with Crippen LogP contribution in [0.3, 0.4) is 0 Å². The van der Waals surface area contributed by atoms with E-state index in [2.05, 4.69) is 5.10 Å². The number of para-hydroxylation sites is 1. The zero-order chi connectivity index (χ0) is 18.8. The molecule has 4 rings (SSSR count). The van der Waals surface area contributed by atoms with Crippen molar-refractivity contribution in [2.24, 2.45) is 0 Å². The molecular weight excluding hydrogens is 340 g/mol. The number of likely N-dealkylation sites (tertiary alicyclic amines) is 1. The Hall–Kier alpha value is -2.89. The van der Waals surface area contributed by atoms with Crippen LogP contribution in [0, 0.1) is 0 Å². The second-order valence-electron chi connectivity index (χ2n) is 7.02. The van der Waals surface area contributed by atoms with Crippen LogP contribution in [-0.2, 0) is 6.54 Å². The summed E-state index contributed by atoms with van der Waals surface area (Å²) < 4.78 is 3.29. The summed E-state index contributed by atoms with van der Waals surface area (Å²) in [7, 11) is 0. The maximum absolute atomic E-state index is 13.3. The van der Waals surface area contributed by atoms with Gasteiger partial charge in [0.15, 0.2) is 0 Å². The van der Waals surface area contributed by atoms with Gasteiger partial charge < -0.3 is 9.47 Å². The molecule has 0 bridgehead atoms. The molecule has 0 N–H and O–H groups in total. The van der Waals surface area contributed by atoms with E-state index in [1.165, 1.54) is 4.68 Å². The third kappa shape index (κ3) is 3.27. The first-order chi connectivity index (χ1) is 13.2. The molecule has 6 heteroatoms. The van der Waals surface area contributed by atoms with Crippen molar-refractivity contribution >= 4 is 5.91 Å². The van der Waals surface area contributed by atoms with Crippen LogP contribution in [0.2, 0.25) is 0 Å². The van der Waals surface area contributed by atoms with Crippen LogP contribution in [0.5, 0.6) is 0 Å². The summed E-state index contributed by atoms with van der Waals surface area (Å²) in [6, 6.07) is 9.33. The summed E-state index contributed by atoms with van der Waals surface area (Å²) in [5, 5.41) is 4.54. The lowest BCUT2D eigenvalue weighted by molar-refractivity contribution is 0.0761. The number of hydrogen-bond donors (Lipinski definition) is 0. The van der Waals surface area contributed by atoms with Crippen LogP contribution >= 0.6 is 0 Å². The number of hydrogen-bond acceptors (Lipinski definition) is 3. The van der Waals surface area contributed by atoms with Crippen LogP contribution in [0.25, 0.3) is 16.9 Å². The molecule has 3 heterocycles. The zero-order valence-electron chi connectivity index (χ0n) is 15.6. The van der Waals surface area contributed by atoms with Crippen LogP contribution in [0.4, 0.5) is 0 Å². The van der Waals surface area contributed by atoms with Crippen molar-refractivity contribution in [2.45, 2.75) is 39.2 Å². The fraction of sp³-hybridized carbons (Fsp3) is 0.381. The Morgan fingerprint density at radius 3 is 2.41 bits per heavy atom. The van der Waals surface area contributed by atoms with Gasteiger partial charge in [-0.1, -0.05) is 31.0 Å². The fourth-order valence-electron chi connectivity index (χ4n) is 3.69. The van der Waals surface area contributed by atoms with Gasteiger partial charge in [0.2, 0.25) is 0 Å². The monoisotopic (exact) mass is 364 g/mol. The van der Waals surface area contributed by atoms with Gasteiger partial charge in [-0.15, -0.1) is 0 Å². The number of amides is 1. The molecule has 1 amide bonds. The molecule has 0 spiro atoms. The Morgan fingerprint density at radius 2 is 1.74 bits per heavy atom. The van der Waals surface area contributed by atoms with Gasteiger partial charge in [0, 0.05) is 32.0 Å². The summed E-state index contributed by atoms with van der Waals surface area (Å²) in [6.45, 7) is 4.22. The van der Waals surface area contributed by atoms with E-state index in [0.717, 1.165) is 38.8 Å². The van der Waals surface area contributed by atoms with Gasteiger partial charge in [0.25, 0.3) is 11.5 Å². The lowest BCUT2D eigenvalue weighted by Gasteiger charge is -2.21. The highest BCUT2D eigenvalue weighted by molar-refractivity contribution is 6.00. The molecule has 1 aromatic rings. The van der Waals surface area contributed by atoms with E-state index in [1.807, 2.05) is 52.9 Å². The van der Waals surface area contributed by atoms with Gasteiger partial charge in [-0.05, 0) is 31.9 Å². The number of carbonyl (C=O) groups excluding carboxylic acids is 1. The van der Waals surface area contributed by atoms with Gasteiger partial charge in [-0.3, -0.25) is 9.59 Å². The molecule has 1 aromatic carbocycles. The Kier molecular flexibility index (Phi) is 4.79. The molecule has 0 aromatic heterocycles. The maximum Gasteiger partial charge on any atom is 0.282 e. The first-order valence-electron chi connectivity index (χ1n) is 9.66. The minimum atomic E-state index is -0.191. The van der Waals surface area contributed by atoms with Crippen molar-refractivity contribution in [1.29, 1.82) is 0 Å². The van der Waals surface area contributed by atoms with Gasteiger partial charge in [-0.25, -0.2) is 0 Å². The van der Waals surface area contributed by atoms with E-state index in [1.54, 1.807) is 6.20 Å². The molecule has 3 aliphatic rings. The topological polar surface area (TPSA) is 60.1 Å². The summed E-state index contributed by atoms with van der Waals surface area (Å²) >= 11 is 0. The Bertz CT molecular complexity index is 966. The average Bonchev–Trinajstić information content (AvgIpc) is 2.89. The molecule has 0 atom stereocenters. The minimum Gasteiger partial charge on any atom is -0.353 e. The van der Waals surface area contributed by atoms with Crippen molar-refractivity contribution < 1.29 is 4.79 Å². The van der Waals surface area contributed by atoms with E-state index in [-0.39, 0.29) is 11.5 Å². The van der Waals surface area contributed by atoms with E-state index >= 15 is 0 Å². The second-order valence-corrected chi connectivity index (χ2v) is 7.02. The van der Waals surface area contributed by atoms with Crippen LogP contribution in [0.1, 0.15) is 43.0 Å². The maximum atomic E-state index is 13.3. The molecule has 27 heavy (non-hydrogen) atoms. The molecule has 140 valence electrons. The summed E-state index contributed by atoms with van der Waals surface area (Å²) in [5.41, 5.74) is 2.01. The first-order valence-corrected chi connectivity index (χ1v) is 9.66. The van der Waals surface area contributed by atoms with E-state index in [4.69, 9.17) is 0 Å². The standard InChI is InChI=1S/C21H24N4O2/c1-2-23-14-17(20(26)24-12-8-3-4-9-13-24)19-18(15-23)21(27)25(22-19)16-10-6-5-7-11-16/h5-7,10-11,14-15H,2-4,8-9,12-13H2,1H3. The number of aryl methyl sites for hydroxylation is 1. The second kappa shape index (κ2) is 7.39. The van der Waals surface area contributed by atoms with Gasteiger partial charge in [0.1, 0.15) is 5.69 Å². The van der Waals surface area contributed by atoms with Crippen molar-refractivity contribution in [3.05, 3.63) is 58.6 Å². The van der Waals surface area contributed by atoms with E-state index in [9.17, 15) is 9.59 Å². The summed E-state index contributed by atoms with van der Waals surface area (Å²) in [5.74, 6) is -0.0255. The molecule has 3 aliphatic heterocycles. The van der Waals surface area contributed by atoms with Gasteiger partial charge in [0.05, 0.1) is 16.8 Å². The third-order valence-corrected chi connectivity index (χ3v) is 5.21. The van der Waals surface area contributed by atoms with Crippen LogP contribution < -0.4 is 5.56 Å². The number of nitrogens with zero attached hydrogens (tertiary/aromatic N) is 4. The van der Waals surface area contributed by atoms with Crippen LogP contribution in [-0.4, -0.2) is 38.2 Å². The largest absolute Gasteiger partial charge is 0.353 e. The predicted molar refractivity (Wildman–Crippen MR) is 104 cm³/mol. The van der Waals surface area contributed by atoms with Crippen LogP contribution in [0.15, 0.2) is 47.5 Å². The molecule has 1 saturated heterocycles. The quantitative estimate of drug-likeness (QED) is 0.717. The fourth-order valence-corrected chi connectivity index (χ4v) is 3.69. The number of fused-ring (bicyclic) bond motifs is 1. The molecule has 0 unspecified atom stereocenters. The molecule has 0 saturated carbocycles. The van der Waals surface area contributed by atoms with Crippen molar-refractivity contribution in [3.63, 3.8) is 0 Å². The Morgan fingerprint density at radius 1 is 1.04 bits per heavy atom. The molecule has 0 aliphatic carbocycles. The third-order valence-electron chi connectivity index (χ3n) is 5.21. The molecular formula is C21H24N4O2. The normalized spacial score (nSPS) is 15.1. The smallest absolute Gasteiger partial charge is 0.282 e. The van der Waals surface area contributed by atoms with E-state index in [0.29, 0.717) is 29.1 Å². The molecule has 1 fully saturated rings. The van der Waals surface area contributed by atoms with Crippen molar-refractivity contribution in [2.75, 3.05) is 13.1 Å². The van der Waals surface area contributed by atoms with E-state index < -0.39 is 0 Å². The molecule has 0 radical (unpaired) electrons. The SMILES string of the molecule is CCn1cc(C(=O)N2CCCCCC2)c2nn(-c3ccccc3)c(=O)c-2c1. The average molecular weight is 364 g/mol. The van der Waals surface area contributed by atoms with Crippen molar-refractivity contribution in [3.8, 4) is 16.9 Å². The Balaban J connectivity index is 1.84. The summed E-state index contributed by atoms with van der Waals surface area (Å²) in [4.78, 5) is 28.1. The number of benzene rings is 1. The zero-order valence-corrected chi connectivity index (χ0v) is 15.6. The number of pyridine rings is 1. The number of aromatic nitrogens is 3. The van der Waals surface area contributed by atoms with Gasteiger partial charge in [-0.2, -0.15) is 9.78 Å². The lowest BCUT2D eigenvalue weighted by Crippen LogP contribution is -2.32. The summed E-state index contributed by atoms with van der Waals surface area (Å²) in [6.07, 6.45) is 8.01. The highest BCUT2D eigenvalue weighted by atomic mass is 16.2. The lowest BCUT2D eigenvalue weighted by atomic mass is 10.1. The van der Waals surface area contributed by atoms with Gasteiger partial charge >= 0.3 is 0 Å². The Labute approximate surface area is 158 Å². The number of rotatable bonds is 3. The molecule has 6 nitrogen and oxygen atoms in total. The predicted octanol–water partition coefficient (Wildman–Crippen LogP) is 3.17. The highest BCUT2D eigenvalue weighted by Gasteiger charge is 2.27. The highest BCUT2D eigenvalue weighted by Crippen LogP contribution is 2.24. The van der Waals surface area contributed by atoms with Crippen molar-refractivity contribution in [1.82, 2.24) is 19.2 Å². The number of carbonyl (C=O) groups is 1. The minimum absolute atomic E-state index is 0.0255. The first kappa shape index (κ1) is 17.5.